The molecule has 1 heterocycles. The van der Waals surface area contributed by atoms with Crippen LogP contribution in [0.25, 0.3) is 0 Å². The lowest BCUT2D eigenvalue weighted by atomic mass is 9.71. The Morgan fingerprint density at radius 2 is 2.10 bits per heavy atom. The Kier molecular flexibility index (Phi) is 4.01. The third-order valence-electron chi connectivity index (χ3n) is 4.16. The smallest absolute Gasteiger partial charge is 0.298 e. The summed E-state index contributed by atoms with van der Waals surface area (Å²) in [5, 5.41) is 23.7. The van der Waals surface area contributed by atoms with Crippen LogP contribution >= 0.6 is 15.9 Å². The molecule has 0 amide bonds. The summed E-state index contributed by atoms with van der Waals surface area (Å²) >= 11 is 3.30. The van der Waals surface area contributed by atoms with E-state index in [1.54, 1.807) is 0 Å². The van der Waals surface area contributed by atoms with Crippen LogP contribution in [0.1, 0.15) is 12.8 Å². The van der Waals surface area contributed by atoms with Crippen molar-refractivity contribution in [2.24, 2.45) is 0 Å². The molecule has 3 unspecified atom stereocenters. The minimum atomic E-state index is -1.40. The number of nitrogens with one attached hydrogen (secondary N) is 1. The van der Waals surface area contributed by atoms with Crippen LogP contribution in [0.4, 0.5) is 0 Å². The standard InChI is InChI=1S/C11H16BrN3O5/c1-20-9-4-10(14(16)17)6-11(5-9,15(18)19)8-13(7-10)3-2-12/h4H,2-3,5-8H2,1H3/p+1. The highest BCUT2D eigenvalue weighted by Crippen LogP contribution is 2.39. The molecule has 8 nitrogen and oxygen atoms in total. The van der Waals surface area contributed by atoms with E-state index in [1.807, 2.05) is 0 Å². The zero-order chi connectivity index (χ0) is 15.0. The summed E-state index contributed by atoms with van der Waals surface area (Å²) in [5.74, 6) is 0.350. The van der Waals surface area contributed by atoms with Crippen molar-refractivity contribution in [2.75, 3.05) is 32.1 Å². The van der Waals surface area contributed by atoms with E-state index >= 15 is 0 Å². The van der Waals surface area contributed by atoms with Crippen LogP contribution in [0.5, 0.6) is 0 Å². The number of nitro groups is 2. The summed E-state index contributed by atoms with van der Waals surface area (Å²) in [5.41, 5.74) is -2.70. The van der Waals surface area contributed by atoms with Gasteiger partial charge in [0.25, 0.3) is 11.1 Å². The van der Waals surface area contributed by atoms with Gasteiger partial charge in [0.1, 0.15) is 18.7 Å². The zero-order valence-corrected chi connectivity index (χ0v) is 12.7. The van der Waals surface area contributed by atoms with Crippen molar-refractivity contribution >= 4 is 15.9 Å². The number of hydrogen-bond acceptors (Lipinski definition) is 5. The largest absolute Gasteiger partial charge is 0.501 e. The molecule has 20 heavy (non-hydrogen) atoms. The summed E-state index contributed by atoms with van der Waals surface area (Å²) in [6.07, 6.45) is 1.54. The van der Waals surface area contributed by atoms with Crippen molar-refractivity contribution in [3.8, 4) is 0 Å². The maximum Gasteiger partial charge on any atom is 0.298 e. The number of rotatable bonds is 5. The van der Waals surface area contributed by atoms with Crippen molar-refractivity contribution < 1.29 is 19.5 Å². The zero-order valence-electron chi connectivity index (χ0n) is 11.1. The number of quaternary nitrogens is 1. The first-order chi connectivity index (χ1) is 9.37. The van der Waals surface area contributed by atoms with Gasteiger partial charge in [0, 0.05) is 15.9 Å². The molecule has 9 heteroatoms. The SMILES string of the molecule is COC1=CC2([N+](=O)[O-])C[NH+](CCBr)CC([N+](=O)[O-])(C1)C2. The number of piperidine rings is 1. The summed E-state index contributed by atoms with van der Waals surface area (Å²) in [6, 6.07) is 0. The van der Waals surface area contributed by atoms with Gasteiger partial charge in [-0.3, -0.25) is 20.2 Å². The van der Waals surface area contributed by atoms with Gasteiger partial charge in [0.05, 0.1) is 25.4 Å². The Morgan fingerprint density at radius 3 is 2.60 bits per heavy atom. The minimum Gasteiger partial charge on any atom is -0.501 e. The molecule has 112 valence electrons. The highest BCUT2D eigenvalue weighted by atomic mass is 79.9. The summed E-state index contributed by atoms with van der Waals surface area (Å²) in [4.78, 5) is 23.2. The molecule has 3 atom stereocenters. The normalized spacial score (nSPS) is 36.1. The molecule has 1 aliphatic carbocycles. The molecule has 1 saturated heterocycles. The van der Waals surface area contributed by atoms with E-state index in [9.17, 15) is 20.2 Å². The molecular weight excluding hydrogens is 334 g/mol. The molecule has 0 aromatic heterocycles. The molecule has 0 radical (unpaired) electrons. The van der Waals surface area contributed by atoms with E-state index in [2.05, 4.69) is 15.9 Å². The molecule has 1 aliphatic heterocycles. The van der Waals surface area contributed by atoms with Crippen molar-refractivity contribution in [1.82, 2.24) is 0 Å². The Hall–Kier alpha value is -1.22. The Morgan fingerprint density at radius 1 is 1.40 bits per heavy atom. The van der Waals surface area contributed by atoms with Crippen LogP contribution in [0.15, 0.2) is 11.8 Å². The van der Waals surface area contributed by atoms with Crippen LogP contribution < -0.4 is 4.90 Å². The second-order valence-electron chi connectivity index (χ2n) is 5.55. The lowest BCUT2D eigenvalue weighted by molar-refractivity contribution is -0.941. The second kappa shape index (κ2) is 5.28. The lowest BCUT2D eigenvalue weighted by Gasteiger charge is -2.42. The van der Waals surface area contributed by atoms with Crippen LogP contribution in [0.2, 0.25) is 0 Å². The number of halogens is 1. The molecule has 0 aromatic carbocycles. The molecule has 1 fully saturated rings. The van der Waals surface area contributed by atoms with Gasteiger partial charge in [0.15, 0.2) is 6.54 Å². The van der Waals surface area contributed by atoms with Crippen molar-refractivity contribution in [1.29, 1.82) is 0 Å². The molecule has 2 aliphatic rings. The van der Waals surface area contributed by atoms with E-state index in [-0.39, 0.29) is 24.3 Å². The number of fused-ring (bicyclic) bond motifs is 2. The van der Waals surface area contributed by atoms with E-state index in [0.29, 0.717) is 24.2 Å². The Labute approximate surface area is 124 Å². The van der Waals surface area contributed by atoms with Crippen molar-refractivity contribution in [2.45, 2.75) is 23.9 Å². The molecule has 1 N–H and O–H groups in total. The van der Waals surface area contributed by atoms with Crippen LogP contribution in [0, 0.1) is 20.2 Å². The summed E-state index contributed by atoms with van der Waals surface area (Å²) in [7, 11) is 1.40. The molecule has 2 rings (SSSR count). The molecular formula is C11H17BrN3O5+. The summed E-state index contributed by atoms with van der Waals surface area (Å²) < 4.78 is 5.11. The summed E-state index contributed by atoms with van der Waals surface area (Å²) in [6.45, 7) is 1.18. The number of alkyl halides is 1. The topological polar surface area (TPSA) is 100.0 Å². The van der Waals surface area contributed by atoms with Gasteiger partial charge < -0.3 is 9.64 Å². The van der Waals surface area contributed by atoms with Gasteiger partial charge in [-0.05, 0) is 0 Å². The quantitative estimate of drug-likeness (QED) is 0.414. The van der Waals surface area contributed by atoms with Crippen LogP contribution in [-0.4, -0.2) is 53.0 Å². The first-order valence-corrected chi connectivity index (χ1v) is 7.44. The van der Waals surface area contributed by atoms with Gasteiger partial charge in [-0.15, -0.1) is 0 Å². The third kappa shape index (κ3) is 2.39. The van der Waals surface area contributed by atoms with E-state index < -0.39 is 16.0 Å². The van der Waals surface area contributed by atoms with Crippen molar-refractivity contribution in [3.63, 3.8) is 0 Å². The Bertz CT molecular complexity index is 471. The van der Waals surface area contributed by atoms with Gasteiger partial charge in [0.2, 0.25) is 0 Å². The predicted octanol–water partition coefficient (Wildman–Crippen LogP) is -0.365. The molecule has 0 spiro atoms. The predicted molar refractivity (Wildman–Crippen MR) is 73.1 cm³/mol. The highest BCUT2D eigenvalue weighted by molar-refractivity contribution is 9.09. The highest BCUT2D eigenvalue weighted by Gasteiger charge is 2.67. The van der Waals surface area contributed by atoms with Gasteiger partial charge >= 0.3 is 0 Å². The van der Waals surface area contributed by atoms with Crippen LogP contribution in [-0.2, 0) is 4.74 Å². The number of hydrogen-bond donors (Lipinski definition) is 1. The number of ether oxygens (including phenoxy) is 1. The first kappa shape index (κ1) is 15.2. The molecule has 0 aromatic rings. The number of methoxy groups -OCH3 is 1. The fraction of sp³-hybridized carbons (Fsp3) is 0.818. The fourth-order valence-corrected chi connectivity index (χ4v) is 3.94. The number of nitrogens with zero attached hydrogens (tertiary/aromatic N) is 2. The second-order valence-corrected chi connectivity index (χ2v) is 6.35. The van der Waals surface area contributed by atoms with E-state index in [0.717, 1.165) is 4.90 Å². The van der Waals surface area contributed by atoms with Gasteiger partial charge in [-0.1, -0.05) is 15.9 Å². The third-order valence-corrected chi connectivity index (χ3v) is 4.56. The first-order valence-electron chi connectivity index (χ1n) is 6.32. The van der Waals surface area contributed by atoms with Gasteiger partial charge in [-0.2, -0.15) is 0 Å². The molecule has 2 bridgehead atoms. The van der Waals surface area contributed by atoms with Gasteiger partial charge in [-0.25, -0.2) is 0 Å². The molecule has 0 saturated carbocycles. The minimum absolute atomic E-state index is 0.0569. The average molecular weight is 351 g/mol. The van der Waals surface area contributed by atoms with E-state index in [4.69, 9.17) is 4.74 Å². The average Bonchev–Trinajstić information content (AvgIpc) is 2.37. The maximum atomic E-state index is 11.5. The fourth-order valence-electron chi connectivity index (χ4n) is 3.37. The van der Waals surface area contributed by atoms with E-state index in [1.165, 1.54) is 13.2 Å². The van der Waals surface area contributed by atoms with Crippen LogP contribution in [0.3, 0.4) is 0 Å². The number of likely N-dealkylation sites (tertiary alicyclic amines) is 1. The van der Waals surface area contributed by atoms with Crippen molar-refractivity contribution in [3.05, 3.63) is 32.1 Å². The lowest BCUT2D eigenvalue weighted by Crippen LogP contribution is -3.18. The Balaban J connectivity index is 2.47. The monoisotopic (exact) mass is 350 g/mol. The maximum absolute atomic E-state index is 11.5.